The van der Waals surface area contributed by atoms with Crippen molar-refractivity contribution in [2.75, 3.05) is 0 Å². The molecule has 0 heterocycles. The van der Waals surface area contributed by atoms with Crippen LogP contribution in [0.25, 0.3) is 0 Å². The molecule has 1 aromatic carbocycles. The zero-order valence-electron chi connectivity index (χ0n) is 8.83. The molecule has 2 N–H and O–H groups in total. The number of hydrogen-bond donors (Lipinski definition) is 2. The molecule has 0 aliphatic carbocycles. The number of aromatic hydroxyl groups is 1. The van der Waals surface area contributed by atoms with Crippen molar-refractivity contribution in [3.05, 3.63) is 29.6 Å². The molecule has 16 heavy (non-hydrogen) atoms. The summed E-state index contributed by atoms with van der Waals surface area (Å²) in [5.74, 6) is 0.475. The smallest absolute Gasteiger partial charge is 0.259 e. The average Bonchev–Trinajstić information content (AvgIpc) is 2.25. The number of rotatable bonds is 3. The van der Waals surface area contributed by atoms with Crippen LogP contribution in [0.3, 0.4) is 0 Å². The molecule has 0 bridgehead atoms. The van der Waals surface area contributed by atoms with E-state index < -0.39 is 23.5 Å². The highest BCUT2D eigenvalue weighted by atomic mass is 19.1. The third-order valence-corrected chi connectivity index (χ3v) is 2.13. The molecule has 0 saturated carbocycles. The van der Waals surface area contributed by atoms with E-state index in [4.69, 9.17) is 6.42 Å². The third kappa shape index (κ3) is 2.51. The van der Waals surface area contributed by atoms with Crippen molar-refractivity contribution < 1.29 is 14.3 Å². The van der Waals surface area contributed by atoms with Gasteiger partial charge in [-0.3, -0.25) is 4.79 Å². The van der Waals surface area contributed by atoms with Gasteiger partial charge in [0.25, 0.3) is 5.91 Å². The van der Waals surface area contributed by atoms with Crippen LogP contribution < -0.4 is 5.32 Å². The lowest BCUT2D eigenvalue weighted by Gasteiger charge is -2.11. The third-order valence-electron chi connectivity index (χ3n) is 2.13. The lowest BCUT2D eigenvalue weighted by molar-refractivity contribution is 0.0938. The van der Waals surface area contributed by atoms with Gasteiger partial charge in [0.2, 0.25) is 0 Å². The SMILES string of the molecule is C#CC(CC)NC(=O)c1c(O)cccc1F. The van der Waals surface area contributed by atoms with E-state index in [0.29, 0.717) is 6.42 Å². The molecule has 0 spiro atoms. The number of phenolic OH excluding ortho intramolecular Hbond substituents is 1. The molecule has 0 aromatic heterocycles. The molecule has 84 valence electrons. The first-order valence-corrected chi connectivity index (χ1v) is 4.84. The second kappa shape index (κ2) is 5.17. The molecule has 0 radical (unpaired) electrons. The Balaban J connectivity index is 2.94. The van der Waals surface area contributed by atoms with Crippen LogP contribution in [-0.4, -0.2) is 17.1 Å². The van der Waals surface area contributed by atoms with Crippen molar-refractivity contribution in [2.45, 2.75) is 19.4 Å². The predicted molar refractivity (Wildman–Crippen MR) is 58.4 cm³/mol. The number of benzene rings is 1. The molecule has 1 unspecified atom stereocenters. The maximum Gasteiger partial charge on any atom is 0.259 e. The van der Waals surface area contributed by atoms with Crippen LogP contribution in [0.1, 0.15) is 23.7 Å². The molecule has 1 atom stereocenters. The number of nitrogens with one attached hydrogen (secondary N) is 1. The minimum absolute atomic E-state index is 0.379. The molecule has 0 saturated heterocycles. The molecule has 0 fully saturated rings. The van der Waals surface area contributed by atoms with Gasteiger partial charge in [0.15, 0.2) is 0 Å². The van der Waals surface area contributed by atoms with Crippen molar-refractivity contribution in [3.8, 4) is 18.1 Å². The summed E-state index contributed by atoms with van der Waals surface area (Å²) >= 11 is 0. The van der Waals surface area contributed by atoms with Gasteiger partial charge in [0, 0.05) is 0 Å². The Bertz CT molecular complexity index is 417. The summed E-state index contributed by atoms with van der Waals surface area (Å²) in [6, 6.07) is 3.20. The number of amides is 1. The lowest BCUT2D eigenvalue weighted by atomic mass is 10.1. The first-order chi connectivity index (χ1) is 7.60. The van der Waals surface area contributed by atoms with Crippen LogP contribution in [0.5, 0.6) is 5.75 Å². The van der Waals surface area contributed by atoms with Crippen LogP contribution in [0.15, 0.2) is 18.2 Å². The standard InChI is InChI=1S/C12H12FNO2/c1-3-8(4-2)14-12(16)11-9(13)6-5-7-10(11)15/h1,5-8,15H,4H2,2H3,(H,14,16). The van der Waals surface area contributed by atoms with Crippen LogP contribution in [0, 0.1) is 18.2 Å². The molecule has 4 heteroatoms. The van der Waals surface area contributed by atoms with Crippen molar-refractivity contribution in [3.63, 3.8) is 0 Å². The zero-order valence-corrected chi connectivity index (χ0v) is 8.83. The van der Waals surface area contributed by atoms with Crippen molar-refractivity contribution in [1.82, 2.24) is 5.32 Å². The second-order valence-corrected chi connectivity index (χ2v) is 3.23. The van der Waals surface area contributed by atoms with Crippen LogP contribution in [-0.2, 0) is 0 Å². The quantitative estimate of drug-likeness (QED) is 0.763. The van der Waals surface area contributed by atoms with E-state index in [1.54, 1.807) is 6.92 Å². The summed E-state index contributed by atoms with van der Waals surface area (Å²) in [5.41, 5.74) is -0.379. The summed E-state index contributed by atoms with van der Waals surface area (Å²) in [6.07, 6.45) is 5.70. The minimum Gasteiger partial charge on any atom is -0.507 e. The van der Waals surface area contributed by atoms with Crippen molar-refractivity contribution >= 4 is 5.91 Å². The molecule has 1 rings (SSSR count). The predicted octanol–water partition coefficient (Wildman–Crippen LogP) is 1.67. The fraction of sp³-hybridized carbons (Fsp3) is 0.250. The highest BCUT2D eigenvalue weighted by Crippen LogP contribution is 2.19. The summed E-state index contributed by atoms with van der Waals surface area (Å²) in [5, 5.41) is 11.8. The summed E-state index contributed by atoms with van der Waals surface area (Å²) < 4.78 is 13.3. The van der Waals surface area contributed by atoms with Gasteiger partial charge >= 0.3 is 0 Å². The lowest BCUT2D eigenvalue weighted by Crippen LogP contribution is -2.33. The second-order valence-electron chi connectivity index (χ2n) is 3.23. The normalized spacial score (nSPS) is 11.6. The van der Waals surface area contributed by atoms with Gasteiger partial charge in [-0.15, -0.1) is 6.42 Å². The fourth-order valence-electron chi connectivity index (χ4n) is 1.23. The maximum absolute atomic E-state index is 13.3. The van der Waals surface area contributed by atoms with Crippen LogP contribution in [0.2, 0.25) is 0 Å². The van der Waals surface area contributed by atoms with Crippen molar-refractivity contribution in [1.29, 1.82) is 0 Å². The topological polar surface area (TPSA) is 49.3 Å². The first kappa shape index (κ1) is 12.1. The number of terminal acetylenes is 1. The Morgan fingerprint density at radius 1 is 1.69 bits per heavy atom. The van der Waals surface area contributed by atoms with Gasteiger partial charge in [-0.25, -0.2) is 4.39 Å². The average molecular weight is 221 g/mol. The van der Waals surface area contributed by atoms with Crippen LogP contribution in [0.4, 0.5) is 4.39 Å². The summed E-state index contributed by atoms with van der Waals surface area (Å²) in [7, 11) is 0. The first-order valence-electron chi connectivity index (χ1n) is 4.84. The van der Waals surface area contributed by atoms with E-state index >= 15 is 0 Å². The summed E-state index contributed by atoms with van der Waals surface area (Å²) in [6.45, 7) is 1.80. The highest BCUT2D eigenvalue weighted by molar-refractivity contribution is 5.97. The van der Waals surface area contributed by atoms with E-state index in [9.17, 15) is 14.3 Å². The summed E-state index contributed by atoms with van der Waals surface area (Å²) in [4.78, 5) is 11.6. The molecule has 1 aromatic rings. The van der Waals surface area contributed by atoms with Gasteiger partial charge < -0.3 is 10.4 Å². The Morgan fingerprint density at radius 3 is 2.88 bits per heavy atom. The number of hydrogen-bond acceptors (Lipinski definition) is 2. The molecule has 0 aliphatic rings. The Labute approximate surface area is 93.3 Å². The Kier molecular flexibility index (Phi) is 3.90. The molecular formula is C12H12FNO2. The van der Waals surface area contributed by atoms with E-state index in [1.165, 1.54) is 12.1 Å². The maximum atomic E-state index is 13.3. The van der Waals surface area contributed by atoms with E-state index in [-0.39, 0.29) is 5.56 Å². The number of phenols is 1. The molecule has 3 nitrogen and oxygen atoms in total. The van der Waals surface area contributed by atoms with Crippen molar-refractivity contribution in [2.24, 2.45) is 0 Å². The number of halogens is 1. The van der Waals surface area contributed by atoms with Gasteiger partial charge in [-0.05, 0) is 18.6 Å². The van der Waals surface area contributed by atoms with Crippen LogP contribution >= 0.6 is 0 Å². The van der Waals surface area contributed by atoms with E-state index in [1.807, 2.05) is 0 Å². The Morgan fingerprint density at radius 2 is 2.38 bits per heavy atom. The zero-order chi connectivity index (χ0) is 12.1. The Hall–Kier alpha value is -2.02. The fourth-order valence-corrected chi connectivity index (χ4v) is 1.23. The highest BCUT2D eigenvalue weighted by Gasteiger charge is 2.18. The number of carbonyl (C=O) groups is 1. The molecular weight excluding hydrogens is 209 g/mol. The number of carbonyl (C=O) groups excluding carboxylic acids is 1. The monoisotopic (exact) mass is 221 g/mol. The van der Waals surface area contributed by atoms with Gasteiger partial charge in [-0.1, -0.05) is 18.9 Å². The largest absolute Gasteiger partial charge is 0.507 e. The van der Waals surface area contributed by atoms with Gasteiger partial charge in [-0.2, -0.15) is 0 Å². The van der Waals surface area contributed by atoms with Gasteiger partial charge in [0.05, 0.1) is 6.04 Å². The van der Waals surface area contributed by atoms with E-state index in [2.05, 4.69) is 11.2 Å². The van der Waals surface area contributed by atoms with Gasteiger partial charge in [0.1, 0.15) is 17.1 Å². The van der Waals surface area contributed by atoms with E-state index in [0.717, 1.165) is 6.07 Å². The minimum atomic E-state index is -0.774. The molecule has 0 aliphatic heterocycles. The molecule has 1 amide bonds.